The predicted octanol–water partition coefficient (Wildman–Crippen LogP) is 3.51. The van der Waals surface area contributed by atoms with Crippen molar-refractivity contribution in [1.82, 2.24) is 19.3 Å². The van der Waals surface area contributed by atoms with E-state index in [0.29, 0.717) is 43.8 Å². The minimum Gasteiger partial charge on any atom is -0.438 e. The monoisotopic (exact) mass is 448 g/mol. The molecule has 1 saturated heterocycles. The molecular formula is C23H20N4O4S. The predicted molar refractivity (Wildman–Crippen MR) is 119 cm³/mol. The molecule has 8 nitrogen and oxygen atoms in total. The highest BCUT2D eigenvalue weighted by molar-refractivity contribution is 7.89. The highest BCUT2D eigenvalue weighted by atomic mass is 32.2. The molecule has 4 aromatic rings. The molecule has 0 N–H and O–H groups in total. The van der Waals surface area contributed by atoms with Gasteiger partial charge >= 0.3 is 0 Å². The van der Waals surface area contributed by atoms with Crippen LogP contribution >= 0.6 is 0 Å². The van der Waals surface area contributed by atoms with Gasteiger partial charge in [0.2, 0.25) is 15.9 Å². The number of ether oxygens (including phenoxy) is 2. The fraction of sp³-hybridized carbons (Fsp3) is 0.174. The first-order valence-corrected chi connectivity index (χ1v) is 11.6. The number of nitrogens with zero attached hydrogens (tertiary/aromatic N) is 4. The van der Waals surface area contributed by atoms with Gasteiger partial charge in [0, 0.05) is 31.0 Å². The van der Waals surface area contributed by atoms with E-state index in [9.17, 15) is 8.42 Å². The zero-order valence-corrected chi connectivity index (χ0v) is 17.9. The summed E-state index contributed by atoms with van der Waals surface area (Å²) in [5.74, 6) is 1.40. The van der Waals surface area contributed by atoms with E-state index >= 15 is 0 Å². The van der Waals surface area contributed by atoms with Gasteiger partial charge in [-0.15, -0.1) is 0 Å². The molecule has 3 heterocycles. The van der Waals surface area contributed by atoms with Gasteiger partial charge in [0.1, 0.15) is 5.75 Å². The van der Waals surface area contributed by atoms with E-state index in [0.717, 1.165) is 16.5 Å². The minimum absolute atomic E-state index is 0.219. The van der Waals surface area contributed by atoms with E-state index in [1.165, 1.54) is 4.31 Å². The lowest BCUT2D eigenvalue weighted by Gasteiger charge is -2.26. The molecular weight excluding hydrogens is 428 g/mol. The normalized spacial score (nSPS) is 15.0. The van der Waals surface area contributed by atoms with Crippen molar-refractivity contribution in [2.75, 3.05) is 26.3 Å². The standard InChI is InChI=1S/C23H20N4O4S/c28-32(29,27-13-15-30-16-14-27)19-7-5-18(6-8-19)31-23-20-3-1-2-4-21(20)25-22(26-23)17-9-11-24-12-10-17/h1-12H,13-16H2. The fourth-order valence-electron chi connectivity index (χ4n) is 3.48. The third-order valence-corrected chi connectivity index (χ3v) is 7.07. The summed E-state index contributed by atoms with van der Waals surface area (Å²) in [6, 6.07) is 17.6. The topological polar surface area (TPSA) is 94.5 Å². The Hall–Kier alpha value is -3.40. The van der Waals surface area contributed by atoms with Crippen molar-refractivity contribution < 1.29 is 17.9 Å². The molecule has 2 aromatic heterocycles. The van der Waals surface area contributed by atoms with Gasteiger partial charge in [-0.25, -0.2) is 13.4 Å². The number of aromatic nitrogens is 3. The lowest BCUT2D eigenvalue weighted by molar-refractivity contribution is 0.0730. The molecule has 0 radical (unpaired) electrons. The average molecular weight is 449 g/mol. The second-order valence-corrected chi connectivity index (χ2v) is 9.13. The molecule has 0 bridgehead atoms. The second-order valence-electron chi connectivity index (χ2n) is 7.20. The van der Waals surface area contributed by atoms with E-state index in [4.69, 9.17) is 9.47 Å². The molecule has 0 aliphatic carbocycles. The first-order chi connectivity index (χ1) is 15.6. The molecule has 1 fully saturated rings. The molecule has 2 aromatic carbocycles. The van der Waals surface area contributed by atoms with E-state index in [1.54, 1.807) is 36.7 Å². The largest absolute Gasteiger partial charge is 0.438 e. The first-order valence-electron chi connectivity index (χ1n) is 10.1. The van der Waals surface area contributed by atoms with Crippen molar-refractivity contribution in [3.63, 3.8) is 0 Å². The zero-order valence-electron chi connectivity index (χ0n) is 17.1. The van der Waals surface area contributed by atoms with Gasteiger partial charge in [0.15, 0.2) is 5.82 Å². The zero-order chi connectivity index (χ0) is 22.0. The van der Waals surface area contributed by atoms with Gasteiger partial charge < -0.3 is 9.47 Å². The van der Waals surface area contributed by atoms with Crippen LogP contribution in [0.3, 0.4) is 0 Å². The summed E-state index contributed by atoms with van der Waals surface area (Å²) in [5, 5.41) is 0.760. The average Bonchev–Trinajstić information content (AvgIpc) is 2.85. The highest BCUT2D eigenvalue weighted by Crippen LogP contribution is 2.30. The van der Waals surface area contributed by atoms with Gasteiger partial charge in [-0.3, -0.25) is 4.98 Å². The Morgan fingerprint density at radius 1 is 0.875 bits per heavy atom. The van der Waals surface area contributed by atoms with Gasteiger partial charge in [-0.05, 0) is 48.5 Å². The smallest absolute Gasteiger partial charge is 0.243 e. The van der Waals surface area contributed by atoms with Crippen molar-refractivity contribution >= 4 is 20.9 Å². The third kappa shape index (κ3) is 4.05. The second kappa shape index (κ2) is 8.62. The summed E-state index contributed by atoms with van der Waals surface area (Å²) >= 11 is 0. The van der Waals surface area contributed by atoms with Crippen LogP contribution < -0.4 is 4.74 Å². The van der Waals surface area contributed by atoms with E-state index < -0.39 is 10.0 Å². The van der Waals surface area contributed by atoms with Crippen LogP contribution in [0.25, 0.3) is 22.3 Å². The quantitative estimate of drug-likeness (QED) is 0.461. The van der Waals surface area contributed by atoms with Gasteiger partial charge in [-0.2, -0.15) is 9.29 Å². The molecule has 0 amide bonds. The van der Waals surface area contributed by atoms with Crippen LogP contribution in [0.15, 0.2) is 78.0 Å². The maximum Gasteiger partial charge on any atom is 0.243 e. The number of benzene rings is 2. The number of para-hydroxylation sites is 1. The summed E-state index contributed by atoms with van der Waals surface area (Å²) in [6.45, 7) is 1.51. The number of hydrogen-bond donors (Lipinski definition) is 0. The molecule has 1 aliphatic heterocycles. The van der Waals surface area contributed by atoms with E-state index in [1.807, 2.05) is 36.4 Å². The summed E-state index contributed by atoms with van der Waals surface area (Å²) in [7, 11) is -3.56. The first kappa shape index (κ1) is 20.5. The van der Waals surface area contributed by atoms with Crippen LogP contribution in [-0.4, -0.2) is 54.0 Å². The van der Waals surface area contributed by atoms with Crippen molar-refractivity contribution in [2.45, 2.75) is 4.90 Å². The number of morpholine rings is 1. The summed E-state index contributed by atoms with van der Waals surface area (Å²) < 4.78 is 38.4. The fourth-order valence-corrected chi connectivity index (χ4v) is 4.89. The number of hydrogen-bond acceptors (Lipinski definition) is 7. The Morgan fingerprint density at radius 3 is 2.34 bits per heavy atom. The van der Waals surface area contributed by atoms with Crippen molar-refractivity contribution in [3.8, 4) is 23.0 Å². The molecule has 0 atom stereocenters. The molecule has 9 heteroatoms. The maximum absolute atomic E-state index is 12.8. The summed E-state index contributed by atoms with van der Waals surface area (Å²) in [4.78, 5) is 13.5. The van der Waals surface area contributed by atoms with Gasteiger partial charge in [0.25, 0.3) is 0 Å². The Bertz CT molecular complexity index is 1340. The van der Waals surface area contributed by atoms with Crippen LogP contribution in [0.5, 0.6) is 11.6 Å². The minimum atomic E-state index is -3.56. The van der Waals surface area contributed by atoms with E-state index in [-0.39, 0.29) is 4.90 Å². The number of pyridine rings is 1. The van der Waals surface area contributed by atoms with Crippen LogP contribution in [0.1, 0.15) is 0 Å². The van der Waals surface area contributed by atoms with Gasteiger partial charge in [0.05, 0.1) is 29.0 Å². The van der Waals surface area contributed by atoms with Gasteiger partial charge in [-0.1, -0.05) is 12.1 Å². The molecule has 5 rings (SSSR count). The Morgan fingerprint density at radius 2 is 1.59 bits per heavy atom. The van der Waals surface area contributed by atoms with Crippen molar-refractivity contribution in [2.24, 2.45) is 0 Å². The highest BCUT2D eigenvalue weighted by Gasteiger charge is 2.26. The Kier molecular flexibility index (Phi) is 5.52. The molecule has 32 heavy (non-hydrogen) atoms. The maximum atomic E-state index is 12.8. The van der Waals surface area contributed by atoms with Crippen LogP contribution in [0.4, 0.5) is 0 Å². The summed E-state index contributed by atoms with van der Waals surface area (Å²) in [5.41, 5.74) is 1.57. The van der Waals surface area contributed by atoms with Crippen molar-refractivity contribution in [3.05, 3.63) is 73.1 Å². The van der Waals surface area contributed by atoms with Crippen LogP contribution in [0, 0.1) is 0 Å². The molecule has 0 saturated carbocycles. The molecule has 162 valence electrons. The number of rotatable bonds is 5. The molecule has 1 aliphatic rings. The lowest BCUT2D eigenvalue weighted by Crippen LogP contribution is -2.40. The number of fused-ring (bicyclic) bond motifs is 1. The molecule has 0 unspecified atom stereocenters. The van der Waals surface area contributed by atoms with Crippen LogP contribution in [-0.2, 0) is 14.8 Å². The summed E-state index contributed by atoms with van der Waals surface area (Å²) in [6.07, 6.45) is 3.37. The van der Waals surface area contributed by atoms with Crippen LogP contribution in [0.2, 0.25) is 0 Å². The molecule has 0 spiro atoms. The lowest BCUT2D eigenvalue weighted by atomic mass is 10.2. The SMILES string of the molecule is O=S(=O)(c1ccc(Oc2nc(-c3ccncc3)nc3ccccc23)cc1)N1CCOCC1. The van der Waals surface area contributed by atoms with E-state index in [2.05, 4.69) is 15.0 Å². The Labute approximate surface area is 185 Å². The number of sulfonamides is 1. The third-order valence-electron chi connectivity index (χ3n) is 5.15. The Balaban J connectivity index is 1.47. The van der Waals surface area contributed by atoms with Crippen molar-refractivity contribution in [1.29, 1.82) is 0 Å².